The minimum atomic E-state index is -3.17. The van der Waals surface area contributed by atoms with Crippen LogP contribution in [0.1, 0.15) is 170 Å². The number of rotatable bonds is 12. The Hall–Kier alpha value is -12.6. The second-order valence-electron chi connectivity index (χ2n) is 34.6. The largest absolute Gasteiger partial charge is 0.353 e. The quantitative estimate of drug-likeness (QED) is 0.117. The Morgan fingerprint density at radius 1 is 0.254 bits per heavy atom. The second-order valence-corrected chi connectivity index (χ2v) is 34.6. The van der Waals surface area contributed by atoms with E-state index in [2.05, 4.69) is 212 Å². The SMILES string of the molecule is Cc1cc(N2c3ccccc3N(C)[C@H]2C)c(C)c(N2c3ccccc3N(C)[C@@H]2C)c1.[2H]C([2H])(C)N1c2ccccc2N(c2cc(C)cc(N3c4ccccc4N(C([2H])([2H])C([2H])([2H])[2H])[C@@H]3C)c2C)[C@@H]1C.[2H]C([2H])([2H])C([2H])(C)N1c2ccccc2N(c2cc(C)cc(N3c4ccccc4N(C([2H])(C([2H])([2H])[2H])C([2H])([2H])[2H])[C@@H]3C)c2C)[C@@H]1C.[2H]C([2H])([2H])N1c2ccccc2N(c2cc(C)cc(N3c4ccccc4N(C)[C@H]3C)c2C)[C@H]1C. The summed E-state index contributed by atoms with van der Waals surface area (Å²) in [4.78, 5) is 32.0. The number of fused-ring (bicyclic) bond motifs is 8. The Balaban J connectivity index is 0.000000135. The number of nitrogens with zero attached hydrogens (tertiary/aromatic N) is 16. The molecule has 1 unspecified atom stereocenters. The van der Waals surface area contributed by atoms with Crippen molar-refractivity contribution in [3.05, 3.63) is 287 Å². The van der Waals surface area contributed by atoms with Crippen molar-refractivity contribution in [3.8, 4) is 0 Å². The van der Waals surface area contributed by atoms with Crippen molar-refractivity contribution < 1.29 is 28.8 Å². The predicted molar refractivity (Wildman–Crippen MR) is 543 cm³/mol. The monoisotopic (exact) mass is 1700 g/mol. The van der Waals surface area contributed by atoms with E-state index in [1.807, 2.05) is 173 Å². The van der Waals surface area contributed by atoms with Crippen molar-refractivity contribution in [2.45, 2.75) is 213 Å². The molecule has 8 aliphatic rings. The number of anilines is 24. The van der Waals surface area contributed by atoms with Crippen molar-refractivity contribution in [1.82, 2.24) is 0 Å². The van der Waals surface area contributed by atoms with Crippen LogP contribution in [0.4, 0.5) is 136 Å². The summed E-state index contributed by atoms with van der Waals surface area (Å²) in [7, 11) is 6.50. The maximum absolute atomic E-state index is 9.04. The molecule has 0 aliphatic carbocycles. The molecule has 0 amide bonds. The summed E-state index contributed by atoms with van der Waals surface area (Å²) in [5, 5.41) is 0. The molecule has 12 aromatic carbocycles. The van der Waals surface area contributed by atoms with Gasteiger partial charge in [0.15, 0.2) is 0 Å². The third kappa shape index (κ3) is 14.0. The van der Waals surface area contributed by atoms with Crippen LogP contribution in [0.5, 0.6) is 0 Å². The van der Waals surface area contributed by atoms with E-state index in [1.54, 1.807) is 64.9 Å². The third-order valence-corrected chi connectivity index (χ3v) is 27.1. The summed E-state index contributed by atoms with van der Waals surface area (Å²) < 4.78 is 174. The molecular weight excluding hydrogens is 1550 g/mol. The van der Waals surface area contributed by atoms with Crippen LogP contribution in [0.2, 0.25) is 0 Å². The molecule has 9 atom stereocenters. The van der Waals surface area contributed by atoms with Crippen LogP contribution in [0.3, 0.4) is 0 Å². The van der Waals surface area contributed by atoms with E-state index < -0.39 is 77.9 Å². The maximum atomic E-state index is 9.04. The van der Waals surface area contributed by atoms with E-state index in [9.17, 15) is 0 Å². The molecule has 0 saturated carbocycles. The Morgan fingerprint density at radius 3 is 0.706 bits per heavy atom. The normalized spacial score (nSPS) is 23.5. The molecule has 0 saturated heterocycles. The van der Waals surface area contributed by atoms with Crippen LogP contribution in [0, 0.1) is 55.4 Å². The summed E-state index contributed by atoms with van der Waals surface area (Å²) in [5.74, 6) is 0. The lowest BCUT2D eigenvalue weighted by Gasteiger charge is -2.36. The van der Waals surface area contributed by atoms with E-state index in [1.165, 1.54) is 73.3 Å². The van der Waals surface area contributed by atoms with E-state index >= 15 is 0 Å². The molecule has 0 fully saturated rings. The highest BCUT2D eigenvalue weighted by Crippen LogP contribution is 2.57. The van der Waals surface area contributed by atoms with Crippen molar-refractivity contribution in [3.63, 3.8) is 0 Å². The molecule has 0 bridgehead atoms. The van der Waals surface area contributed by atoms with Gasteiger partial charge >= 0.3 is 0 Å². The Morgan fingerprint density at radius 2 is 0.452 bits per heavy atom. The van der Waals surface area contributed by atoms with Crippen LogP contribution >= 0.6 is 0 Å². The minimum Gasteiger partial charge on any atom is -0.353 e. The number of benzene rings is 12. The first-order chi connectivity index (χ1) is 68.6. The zero-order chi connectivity index (χ0) is 107. The van der Waals surface area contributed by atoms with Gasteiger partial charge < -0.3 is 78.4 Å². The van der Waals surface area contributed by atoms with E-state index in [0.717, 1.165) is 95.9 Å². The van der Waals surface area contributed by atoms with Gasteiger partial charge in [-0.15, -0.1) is 0 Å². The van der Waals surface area contributed by atoms with Gasteiger partial charge in [-0.25, -0.2) is 0 Å². The van der Waals surface area contributed by atoms with Crippen molar-refractivity contribution >= 4 is 136 Å². The fraction of sp³-hybridized carbons (Fsp3) is 0.345. The van der Waals surface area contributed by atoms with Gasteiger partial charge in [-0.2, -0.15) is 0 Å². The molecule has 16 nitrogen and oxygen atoms in total. The van der Waals surface area contributed by atoms with Crippen LogP contribution in [0.15, 0.2) is 243 Å². The number of para-hydroxylation sites is 16. The first-order valence-corrected chi connectivity index (χ1v) is 43.8. The van der Waals surface area contributed by atoms with Crippen molar-refractivity contribution in [1.29, 1.82) is 0 Å². The number of aryl methyl sites for hydroxylation is 4. The van der Waals surface area contributed by atoms with Gasteiger partial charge in [0, 0.05) is 125 Å². The fourth-order valence-corrected chi connectivity index (χ4v) is 20.7. The van der Waals surface area contributed by atoms with Gasteiger partial charge in [0.05, 0.1) is 93.7 Å². The average molecular weight is 1700 g/mol. The van der Waals surface area contributed by atoms with E-state index in [0.29, 0.717) is 28.4 Å². The zero-order valence-electron chi connectivity index (χ0n) is 97.4. The van der Waals surface area contributed by atoms with Gasteiger partial charge in [-0.3, -0.25) is 0 Å². The minimum absolute atomic E-state index is 0.165. The van der Waals surface area contributed by atoms with Gasteiger partial charge in [-0.1, -0.05) is 97.1 Å². The maximum Gasteiger partial charge on any atom is 0.104 e. The molecule has 0 radical (unpaired) electrons. The van der Waals surface area contributed by atoms with Crippen LogP contribution in [0.25, 0.3) is 0 Å². The fourth-order valence-electron chi connectivity index (χ4n) is 20.7. The van der Waals surface area contributed by atoms with Crippen molar-refractivity contribution in [2.75, 3.05) is 120 Å². The molecule has 652 valence electrons. The third-order valence-electron chi connectivity index (χ3n) is 27.1. The zero-order valence-corrected chi connectivity index (χ0v) is 76.4. The molecule has 16 heteroatoms. The van der Waals surface area contributed by atoms with E-state index in [4.69, 9.17) is 28.8 Å². The first kappa shape index (κ1) is 63.4. The molecule has 0 aromatic heterocycles. The second kappa shape index (κ2) is 33.7. The summed E-state index contributed by atoms with van der Waals surface area (Å²) in [6.07, 6.45) is -2.00. The lowest BCUT2D eigenvalue weighted by Crippen LogP contribution is -2.43. The average Bonchev–Trinajstić information content (AvgIpc) is 1.55. The predicted octanol–water partition coefficient (Wildman–Crippen LogP) is 27.0. The molecule has 8 heterocycles. The van der Waals surface area contributed by atoms with Crippen LogP contribution < -0.4 is 78.4 Å². The van der Waals surface area contributed by atoms with Crippen LogP contribution in [-0.2, 0) is 0 Å². The molecule has 12 aromatic rings. The Kier molecular flexibility index (Phi) is 17.0. The van der Waals surface area contributed by atoms with Gasteiger partial charge in [0.25, 0.3) is 0 Å². The molecule has 126 heavy (non-hydrogen) atoms. The highest BCUT2D eigenvalue weighted by molar-refractivity contribution is 5.96. The Labute approximate surface area is 782 Å². The molecular formula is C110H132N16. The first-order valence-electron chi connectivity index (χ1n) is 54.3. The number of hydrogen-bond acceptors (Lipinski definition) is 16. The summed E-state index contributed by atoms with van der Waals surface area (Å²) in [6.45, 7) is 17.4. The summed E-state index contributed by atoms with van der Waals surface area (Å²) in [6, 6.07) is 75.3. The molecule has 0 N–H and O–H groups in total. The van der Waals surface area contributed by atoms with E-state index in [-0.39, 0.29) is 30.8 Å². The van der Waals surface area contributed by atoms with Gasteiger partial charge in [0.1, 0.15) is 49.3 Å². The highest BCUT2D eigenvalue weighted by Gasteiger charge is 2.44. The summed E-state index contributed by atoms with van der Waals surface area (Å²) >= 11 is 0. The highest BCUT2D eigenvalue weighted by atomic mass is 15.5. The Bertz CT molecular complexity index is 6920. The van der Waals surface area contributed by atoms with Crippen molar-refractivity contribution in [2.24, 2.45) is 0 Å². The molecule has 20 rings (SSSR count). The van der Waals surface area contributed by atoms with Gasteiger partial charge in [-0.05, 0) is 342 Å². The molecule has 0 spiro atoms. The number of hydrogen-bond donors (Lipinski definition) is 0. The lowest BCUT2D eigenvalue weighted by atomic mass is 10.0. The lowest BCUT2D eigenvalue weighted by molar-refractivity contribution is 0.603. The molecule has 8 aliphatic heterocycles. The van der Waals surface area contributed by atoms with Gasteiger partial charge in [0.2, 0.25) is 0 Å². The smallest absolute Gasteiger partial charge is 0.104 e. The standard InChI is InChI=1S/C30H38N4.C28H34N4.2C26H30N4/c1-19(2)31-23(7)33(27-15-11-9-13-25(27)31)29-17-21(5)18-30(22(29)6)34-24(8)32(20(3)4)26-14-10-12-16-28(26)34;1-7-29-21(5)31(25-15-11-9-13-23(25)29)27-17-19(3)18-28(20(27)4)32-22(6)30(8-2)24-14-10-12-16-26(24)32;2*1-17-15-25(29-19(3)27(5)21-11-7-9-13-23(21)29)18(2)26(16-17)30-20(4)28(6)22-12-8-10-14-24(22)30/h9-20,23-24H,1-8H3;9-18,21-22H,7-8H2,1-6H3;2*7-16,19-20H,1-6H3/t23-,24+;21-,22+;2*19-,20+/i1D3,2D3,3D3,19D,20D;1D3,7D2,8D2;5D3;/t20?,23-,24+;2m;/m000./s1. The van der Waals surface area contributed by atoms with Crippen LogP contribution in [-0.4, -0.2) is 102 Å². The summed E-state index contributed by atoms with van der Waals surface area (Å²) in [5.41, 5.74) is 30.7. The topological polar surface area (TPSA) is 51.8 Å².